The lowest BCUT2D eigenvalue weighted by molar-refractivity contribution is -0.305. The average molecular weight is 1210 g/mol. The molecule has 0 aromatic heterocycles. The van der Waals surface area contributed by atoms with E-state index in [0.29, 0.717) is 12.8 Å². The Hall–Kier alpha value is -3.16. The van der Waals surface area contributed by atoms with Gasteiger partial charge in [-0.15, -0.1) is 0 Å². The molecule has 6 N–H and O–H groups in total. The molecule has 86 heavy (non-hydrogen) atoms. The Balaban J connectivity index is 2.57. The third-order valence-electron chi connectivity index (χ3n) is 16.5. The number of unbranched alkanes of at least 4 members (excludes halogenated alkanes) is 35. The molecule has 8 atom stereocenters. The maximum Gasteiger partial charge on any atom is 0.306 e. The minimum absolute atomic E-state index is 0.0822. The molecule has 0 radical (unpaired) electrons. The van der Waals surface area contributed by atoms with Gasteiger partial charge in [-0.05, 0) is 96.3 Å². The summed E-state index contributed by atoms with van der Waals surface area (Å²) in [6, 6.07) is -1.03. The zero-order chi connectivity index (χ0) is 62.4. The predicted octanol–water partition coefficient (Wildman–Crippen LogP) is 18.5. The van der Waals surface area contributed by atoms with Crippen molar-refractivity contribution >= 4 is 11.9 Å². The second-order valence-electron chi connectivity index (χ2n) is 24.6. The molecule has 8 unspecified atom stereocenters. The van der Waals surface area contributed by atoms with Gasteiger partial charge in [0.25, 0.3) is 0 Å². The predicted molar refractivity (Wildman–Crippen MR) is 361 cm³/mol. The van der Waals surface area contributed by atoms with Crippen molar-refractivity contribution in [3.63, 3.8) is 0 Å². The van der Waals surface area contributed by atoms with Crippen LogP contribution in [-0.4, -0.2) is 99.6 Å². The number of hydrogen-bond acceptors (Lipinski definition) is 10. The van der Waals surface area contributed by atoms with Gasteiger partial charge in [-0.25, -0.2) is 0 Å². The number of ether oxygens (including phenoxy) is 3. The van der Waals surface area contributed by atoms with Crippen LogP contribution >= 0.6 is 0 Å². The molecule has 0 aromatic carbocycles. The van der Waals surface area contributed by atoms with Crippen LogP contribution in [0.3, 0.4) is 0 Å². The van der Waals surface area contributed by atoms with Gasteiger partial charge in [0.1, 0.15) is 24.4 Å². The fourth-order valence-electron chi connectivity index (χ4n) is 10.9. The fourth-order valence-corrected chi connectivity index (χ4v) is 10.9. The highest BCUT2D eigenvalue weighted by Crippen LogP contribution is 2.26. The summed E-state index contributed by atoms with van der Waals surface area (Å²) in [6.45, 7) is 5.68. The van der Waals surface area contributed by atoms with Crippen molar-refractivity contribution in [2.75, 3.05) is 13.2 Å². The minimum Gasteiger partial charge on any atom is -0.454 e. The van der Waals surface area contributed by atoms with E-state index in [1.54, 1.807) is 6.08 Å². The SMILES string of the molecule is CC/C=C\C/C=C\C/C=C\C/C=C\C/C=C\CCCCCC(=O)OC1C(OCC(NC(=O)C(O)CCCCCCCCCCCCCCCCCC/C=C/CCCCCCCC)C(O)/C=C/CCCCCCCCCCCC)OC(CO)C(O)C1O. The van der Waals surface area contributed by atoms with Crippen LogP contribution in [0.1, 0.15) is 316 Å². The van der Waals surface area contributed by atoms with Crippen LogP contribution in [0.4, 0.5) is 0 Å². The van der Waals surface area contributed by atoms with Crippen LogP contribution in [0.15, 0.2) is 85.1 Å². The van der Waals surface area contributed by atoms with Crippen LogP contribution in [-0.2, 0) is 23.8 Å². The molecule has 1 aliphatic rings. The molecule has 11 heteroatoms. The first-order valence-electron chi connectivity index (χ1n) is 35.9. The standard InChI is InChI=1S/C75H133NO10/c1-4-7-10-13-16-19-22-25-27-29-31-32-33-34-35-36-37-39-40-42-44-47-50-53-56-59-62-68(79)74(83)76-66(67(78)61-58-55-52-49-46-24-21-18-15-12-9-6-3)65-84-75-73(72(82)71(81)69(64-77)85-75)86-70(80)63-60-57-54-51-48-45-43-41-38-30-28-26-23-20-17-14-11-8-5-2/h8,11,17,20,25-28,38,41,45,48,58,61,66-69,71-73,75,77-79,81-82H,4-7,9-10,12-16,18-19,21-24,29-37,39-40,42-44,46-47,49-57,59-60,62-65H2,1-3H3,(H,76,83)/b11-8-,20-17-,27-25+,28-26-,41-38-,48-45-,61-58+. The van der Waals surface area contributed by atoms with E-state index >= 15 is 0 Å². The van der Waals surface area contributed by atoms with Crippen LogP contribution in [0.25, 0.3) is 0 Å². The highest BCUT2D eigenvalue weighted by molar-refractivity contribution is 5.80. The van der Waals surface area contributed by atoms with Crippen LogP contribution in [0.2, 0.25) is 0 Å². The van der Waals surface area contributed by atoms with E-state index in [0.717, 1.165) is 89.9 Å². The zero-order valence-corrected chi connectivity index (χ0v) is 55.4. The van der Waals surface area contributed by atoms with Gasteiger partial charge in [0, 0.05) is 6.42 Å². The molecule has 0 aromatic rings. The van der Waals surface area contributed by atoms with Crippen molar-refractivity contribution in [3.8, 4) is 0 Å². The van der Waals surface area contributed by atoms with Crippen molar-refractivity contribution in [1.82, 2.24) is 5.32 Å². The molecule has 1 rings (SSSR count). The van der Waals surface area contributed by atoms with E-state index in [4.69, 9.17) is 14.2 Å². The van der Waals surface area contributed by atoms with E-state index in [2.05, 4.69) is 99.0 Å². The Bertz CT molecular complexity index is 1720. The zero-order valence-electron chi connectivity index (χ0n) is 55.4. The van der Waals surface area contributed by atoms with Gasteiger partial charge in [-0.1, -0.05) is 298 Å². The van der Waals surface area contributed by atoms with Gasteiger partial charge in [-0.2, -0.15) is 0 Å². The summed E-state index contributed by atoms with van der Waals surface area (Å²) in [5, 5.41) is 57.2. The first-order valence-corrected chi connectivity index (χ1v) is 35.9. The Morgan fingerprint density at radius 3 is 1.27 bits per heavy atom. The normalized spacial score (nSPS) is 18.8. The summed E-state index contributed by atoms with van der Waals surface area (Å²) in [4.78, 5) is 26.7. The molecular weight excluding hydrogens is 1070 g/mol. The van der Waals surface area contributed by atoms with Gasteiger partial charge in [-0.3, -0.25) is 9.59 Å². The first-order chi connectivity index (χ1) is 42.2. The number of carbonyl (C=O) groups is 2. The molecule has 1 amide bonds. The molecule has 11 nitrogen and oxygen atoms in total. The largest absolute Gasteiger partial charge is 0.454 e. The summed E-state index contributed by atoms with van der Waals surface area (Å²) < 4.78 is 17.7. The smallest absolute Gasteiger partial charge is 0.306 e. The number of nitrogens with one attached hydrogen (secondary N) is 1. The van der Waals surface area contributed by atoms with Crippen molar-refractivity contribution in [3.05, 3.63) is 85.1 Å². The minimum atomic E-state index is -1.63. The van der Waals surface area contributed by atoms with Crippen molar-refractivity contribution in [2.45, 2.75) is 365 Å². The molecule has 498 valence electrons. The third-order valence-corrected chi connectivity index (χ3v) is 16.5. The molecule has 1 aliphatic heterocycles. The number of carbonyl (C=O) groups excluding carboxylic acids is 2. The fraction of sp³-hybridized carbons (Fsp3) is 0.787. The number of rotatable bonds is 61. The second kappa shape index (κ2) is 62.1. The number of amides is 1. The molecule has 1 fully saturated rings. The summed E-state index contributed by atoms with van der Waals surface area (Å²) >= 11 is 0. The molecule has 0 saturated carbocycles. The van der Waals surface area contributed by atoms with Crippen molar-refractivity contribution in [2.24, 2.45) is 0 Å². The third kappa shape index (κ3) is 48.7. The van der Waals surface area contributed by atoms with Gasteiger partial charge in [0.2, 0.25) is 5.91 Å². The van der Waals surface area contributed by atoms with Crippen LogP contribution in [0.5, 0.6) is 0 Å². The maximum atomic E-state index is 13.5. The number of allylic oxidation sites excluding steroid dienone is 13. The van der Waals surface area contributed by atoms with Gasteiger partial charge in [0.15, 0.2) is 12.4 Å². The molecule has 0 spiro atoms. The lowest BCUT2D eigenvalue weighted by Crippen LogP contribution is -2.61. The molecular formula is C75H133NO10. The number of esters is 1. The summed E-state index contributed by atoms with van der Waals surface area (Å²) in [5.41, 5.74) is 0. The second-order valence-corrected chi connectivity index (χ2v) is 24.6. The highest BCUT2D eigenvalue weighted by Gasteiger charge is 2.47. The monoisotopic (exact) mass is 1210 g/mol. The first kappa shape index (κ1) is 80.9. The number of hydrogen-bond donors (Lipinski definition) is 6. The van der Waals surface area contributed by atoms with Crippen molar-refractivity contribution < 1.29 is 49.3 Å². The Labute approximate surface area is 527 Å². The van der Waals surface area contributed by atoms with Gasteiger partial charge < -0.3 is 45.1 Å². The lowest BCUT2D eigenvalue weighted by Gasteiger charge is -2.41. The van der Waals surface area contributed by atoms with Gasteiger partial charge >= 0.3 is 5.97 Å². The number of aliphatic hydroxyl groups excluding tert-OH is 5. The van der Waals surface area contributed by atoms with Gasteiger partial charge in [0.05, 0.1) is 25.4 Å². The van der Waals surface area contributed by atoms with E-state index in [-0.39, 0.29) is 19.4 Å². The average Bonchev–Trinajstić information content (AvgIpc) is 3.01. The summed E-state index contributed by atoms with van der Waals surface area (Å²) in [7, 11) is 0. The quantitative estimate of drug-likeness (QED) is 0.0195. The Morgan fingerprint density at radius 1 is 0.465 bits per heavy atom. The summed E-state index contributed by atoms with van der Waals surface area (Å²) in [6.07, 6.45) is 72.0. The number of aliphatic hydroxyl groups is 5. The van der Waals surface area contributed by atoms with Crippen molar-refractivity contribution in [1.29, 1.82) is 0 Å². The van der Waals surface area contributed by atoms with E-state index in [1.807, 2.05) is 6.08 Å². The maximum absolute atomic E-state index is 13.5. The van der Waals surface area contributed by atoms with E-state index < -0.39 is 67.4 Å². The van der Waals surface area contributed by atoms with E-state index in [1.165, 1.54) is 180 Å². The van der Waals surface area contributed by atoms with Crippen LogP contribution < -0.4 is 5.32 Å². The Kier molecular flexibility index (Phi) is 58.3. The topological polar surface area (TPSA) is 175 Å². The molecule has 1 heterocycles. The summed E-state index contributed by atoms with van der Waals surface area (Å²) in [5.74, 6) is -1.22. The molecule has 0 bridgehead atoms. The molecule has 0 aliphatic carbocycles. The molecule has 1 saturated heterocycles. The van der Waals surface area contributed by atoms with Crippen LogP contribution in [0, 0.1) is 0 Å². The Morgan fingerprint density at radius 2 is 0.837 bits per heavy atom. The van der Waals surface area contributed by atoms with E-state index in [9.17, 15) is 35.1 Å². The lowest BCUT2D eigenvalue weighted by atomic mass is 9.99. The highest BCUT2D eigenvalue weighted by atomic mass is 16.7.